The third-order valence-corrected chi connectivity index (χ3v) is 6.62. The van der Waals surface area contributed by atoms with Crippen LogP contribution < -0.4 is 15.0 Å². The van der Waals surface area contributed by atoms with Gasteiger partial charge in [-0.1, -0.05) is 37.3 Å². The Labute approximate surface area is 252 Å². The quantitative estimate of drug-likeness (QED) is 0.295. The summed E-state index contributed by atoms with van der Waals surface area (Å²) in [5.41, 5.74) is 3.43. The van der Waals surface area contributed by atoms with Gasteiger partial charge in [-0.05, 0) is 78.9 Å². The molecule has 41 heavy (non-hydrogen) atoms. The standard InChI is InChI=1S/C29H34BrN3O5.C2H4B/c1-17(16-31-28(36)38-29(3,4)5)19-11-13-20(14-12-19)21-15-23(18(2)32-26(21)37-7)33(6)27(35)25-22(30)9-8-10-24(25)34;1-2-3/h8-15,17,34H,16H2,1-7H3,(H,31,36);2H,1H3. The van der Waals surface area contributed by atoms with E-state index in [1.54, 1.807) is 40.1 Å². The molecular formula is C31H38BBrN3O5. The van der Waals surface area contributed by atoms with Crippen LogP contribution in [0, 0.1) is 6.92 Å². The van der Waals surface area contributed by atoms with E-state index in [1.165, 1.54) is 16.9 Å². The first-order valence-electron chi connectivity index (χ1n) is 13.1. The summed E-state index contributed by atoms with van der Waals surface area (Å²) in [6.07, 6.45) is -0.446. The fraction of sp³-hybridized carbons (Fsp3) is 0.355. The van der Waals surface area contributed by atoms with E-state index < -0.39 is 11.7 Å². The molecular weight excluding hydrogens is 585 g/mol. The number of carbonyl (C=O) groups is 2. The van der Waals surface area contributed by atoms with Crippen LogP contribution in [0.25, 0.3) is 11.1 Å². The average molecular weight is 623 g/mol. The number of ether oxygens (including phenoxy) is 2. The zero-order valence-electron chi connectivity index (χ0n) is 24.9. The van der Waals surface area contributed by atoms with Gasteiger partial charge in [0.1, 0.15) is 11.4 Å². The van der Waals surface area contributed by atoms with Crippen molar-refractivity contribution in [3.05, 3.63) is 69.8 Å². The van der Waals surface area contributed by atoms with Crippen LogP contribution in [0.1, 0.15) is 62.2 Å². The molecule has 1 unspecified atom stereocenters. The third-order valence-electron chi connectivity index (χ3n) is 5.96. The van der Waals surface area contributed by atoms with E-state index in [4.69, 9.17) is 17.0 Å². The number of phenols is 1. The van der Waals surface area contributed by atoms with Crippen LogP contribution >= 0.6 is 15.9 Å². The number of rotatable bonds is 7. The van der Waals surface area contributed by atoms with Crippen molar-refractivity contribution in [3.63, 3.8) is 0 Å². The number of amides is 2. The van der Waals surface area contributed by atoms with Crippen molar-refractivity contribution in [1.29, 1.82) is 0 Å². The molecule has 0 aliphatic heterocycles. The molecule has 3 rings (SSSR count). The number of phenolic OH excluding ortho intramolecular Hbond substituents is 1. The SMILES string of the molecule is COc1nc(C)c(N(C)C(=O)c2c(O)cccc2Br)cc1-c1ccc(C(C)CNC(=O)OC(C)(C)C)cc1.[B]=CC. The number of methoxy groups -OCH3 is 1. The second-order valence-corrected chi connectivity index (χ2v) is 11.2. The van der Waals surface area contributed by atoms with Gasteiger partial charge >= 0.3 is 26.5 Å². The van der Waals surface area contributed by atoms with Crippen molar-refractivity contribution < 1.29 is 24.2 Å². The second kappa shape index (κ2) is 14.8. The Bertz CT molecular complexity index is 1350. The van der Waals surface area contributed by atoms with Crippen molar-refractivity contribution in [2.24, 2.45) is 0 Å². The number of carbonyl (C=O) groups excluding carboxylic acids is 2. The number of alkyl carbamates (subject to hydrolysis) is 1. The number of hydrogen-bond acceptors (Lipinski definition) is 6. The molecule has 1 heterocycles. The molecule has 2 amide bonds. The van der Waals surface area contributed by atoms with E-state index in [0.717, 1.165) is 16.7 Å². The van der Waals surface area contributed by atoms with Crippen LogP contribution in [0.15, 0.2) is 53.0 Å². The normalized spacial score (nSPS) is 11.4. The molecule has 0 aliphatic rings. The summed E-state index contributed by atoms with van der Waals surface area (Å²) < 4.78 is 11.4. The zero-order valence-corrected chi connectivity index (χ0v) is 26.5. The van der Waals surface area contributed by atoms with E-state index in [1.807, 2.05) is 58.0 Å². The molecule has 1 radical (unpaired) electrons. The maximum atomic E-state index is 13.3. The fourth-order valence-corrected chi connectivity index (χ4v) is 4.46. The first-order valence-corrected chi connectivity index (χ1v) is 13.9. The van der Waals surface area contributed by atoms with Gasteiger partial charge in [0.25, 0.3) is 5.91 Å². The predicted molar refractivity (Wildman–Crippen MR) is 170 cm³/mol. The van der Waals surface area contributed by atoms with Gasteiger partial charge in [-0.15, -0.1) is 0 Å². The summed E-state index contributed by atoms with van der Waals surface area (Å²) in [5, 5.41) is 13.1. The topological polar surface area (TPSA) is 101 Å². The van der Waals surface area contributed by atoms with Crippen molar-refractivity contribution in [2.45, 2.75) is 53.1 Å². The van der Waals surface area contributed by atoms with Crippen molar-refractivity contribution >= 4 is 47.1 Å². The molecule has 0 aliphatic carbocycles. The van der Waals surface area contributed by atoms with Gasteiger partial charge in [-0.2, -0.15) is 0 Å². The molecule has 1 atom stereocenters. The van der Waals surface area contributed by atoms with Crippen molar-refractivity contribution in [3.8, 4) is 22.8 Å². The first-order chi connectivity index (χ1) is 19.2. The number of aryl methyl sites for hydroxylation is 1. The van der Waals surface area contributed by atoms with Gasteiger partial charge in [-0.3, -0.25) is 4.79 Å². The second-order valence-electron chi connectivity index (χ2n) is 10.4. The molecule has 0 saturated carbocycles. The Morgan fingerprint density at radius 3 is 2.34 bits per heavy atom. The third kappa shape index (κ3) is 9.18. The number of aromatic nitrogens is 1. The molecule has 2 N–H and O–H groups in total. The van der Waals surface area contributed by atoms with E-state index in [0.29, 0.717) is 28.3 Å². The number of anilines is 1. The Morgan fingerprint density at radius 2 is 1.80 bits per heavy atom. The molecule has 2 aromatic carbocycles. The number of halogens is 1. The minimum absolute atomic E-state index is 0.0610. The van der Waals surface area contributed by atoms with Gasteiger partial charge in [0.2, 0.25) is 5.88 Å². The molecule has 3 aromatic rings. The minimum atomic E-state index is -0.550. The molecule has 217 valence electrons. The maximum absolute atomic E-state index is 13.3. The first kappa shape index (κ1) is 33.6. The molecule has 0 saturated heterocycles. The molecule has 0 spiro atoms. The zero-order chi connectivity index (χ0) is 30.9. The summed E-state index contributed by atoms with van der Waals surface area (Å²) in [4.78, 5) is 31.3. The van der Waals surface area contributed by atoms with Crippen molar-refractivity contribution in [2.75, 3.05) is 25.6 Å². The summed E-state index contributed by atoms with van der Waals surface area (Å²) in [5.74, 6) is 1.51. The number of hydrogen-bond donors (Lipinski definition) is 2. The molecule has 8 nitrogen and oxygen atoms in total. The van der Waals surface area contributed by atoms with Crippen LogP contribution in [0.2, 0.25) is 0 Å². The van der Waals surface area contributed by atoms with Crippen LogP contribution in [0.4, 0.5) is 10.5 Å². The van der Waals surface area contributed by atoms with Crippen LogP contribution in [-0.2, 0) is 4.74 Å². The van der Waals surface area contributed by atoms with Crippen LogP contribution in [-0.4, -0.2) is 61.8 Å². The number of pyridine rings is 1. The number of benzene rings is 2. The van der Waals surface area contributed by atoms with Crippen LogP contribution in [0.3, 0.4) is 0 Å². The summed E-state index contributed by atoms with van der Waals surface area (Å²) in [6.45, 7) is 11.5. The molecule has 0 fully saturated rings. The Morgan fingerprint density at radius 1 is 1.20 bits per heavy atom. The molecule has 1 aromatic heterocycles. The summed E-state index contributed by atoms with van der Waals surface area (Å²) >= 11 is 3.36. The number of nitrogens with zero attached hydrogens (tertiary/aromatic N) is 2. The number of nitrogens with one attached hydrogen (secondary N) is 1. The fourth-order valence-electron chi connectivity index (χ4n) is 3.94. The molecule has 0 bridgehead atoms. The summed E-state index contributed by atoms with van der Waals surface area (Å²) in [6, 6.07) is 14.6. The summed E-state index contributed by atoms with van der Waals surface area (Å²) in [7, 11) is 7.92. The van der Waals surface area contributed by atoms with Crippen molar-refractivity contribution in [1.82, 2.24) is 10.3 Å². The van der Waals surface area contributed by atoms with Crippen LogP contribution in [0.5, 0.6) is 11.6 Å². The van der Waals surface area contributed by atoms with Gasteiger partial charge in [0, 0.05) is 23.6 Å². The van der Waals surface area contributed by atoms with E-state index in [2.05, 4.69) is 26.2 Å². The Hall–Kier alpha value is -3.66. The van der Waals surface area contributed by atoms with E-state index >= 15 is 0 Å². The number of aromatic hydroxyl groups is 1. The average Bonchev–Trinajstić information content (AvgIpc) is 2.90. The monoisotopic (exact) mass is 622 g/mol. The molecule has 10 heteroatoms. The van der Waals surface area contributed by atoms with Gasteiger partial charge in [0.15, 0.2) is 0 Å². The Balaban J connectivity index is 0.00000187. The van der Waals surface area contributed by atoms with Gasteiger partial charge < -0.3 is 24.8 Å². The van der Waals surface area contributed by atoms with Gasteiger partial charge in [0.05, 0.1) is 24.1 Å². The van der Waals surface area contributed by atoms with Gasteiger partial charge in [-0.25, -0.2) is 9.78 Å². The Kier molecular flexibility index (Phi) is 12.1. The van der Waals surface area contributed by atoms with E-state index in [-0.39, 0.29) is 23.1 Å². The predicted octanol–water partition coefficient (Wildman–Crippen LogP) is 6.42. The van der Waals surface area contributed by atoms with E-state index in [9.17, 15) is 14.7 Å².